The Bertz CT molecular complexity index is 1260. The third kappa shape index (κ3) is 10.1. The predicted octanol–water partition coefficient (Wildman–Crippen LogP) is 4.28. The fourth-order valence-electron chi connectivity index (χ4n) is 2.93. The van der Waals surface area contributed by atoms with Gasteiger partial charge < -0.3 is 0 Å². The van der Waals surface area contributed by atoms with Gasteiger partial charge in [-0.3, -0.25) is 18.2 Å². The van der Waals surface area contributed by atoms with Crippen molar-refractivity contribution in [3.63, 3.8) is 0 Å². The van der Waals surface area contributed by atoms with Gasteiger partial charge in [0.1, 0.15) is 0 Å². The minimum absolute atomic E-state index is 0.982. The van der Waals surface area contributed by atoms with Crippen LogP contribution in [0.25, 0.3) is 21.5 Å². The molecule has 0 heterocycles. The molecule has 0 aromatic heterocycles. The van der Waals surface area contributed by atoms with Crippen LogP contribution in [0.4, 0.5) is 0 Å². The Morgan fingerprint density at radius 1 is 0.484 bits per heavy atom. The summed E-state index contributed by atoms with van der Waals surface area (Å²) in [6, 6.07) is 30.5. The van der Waals surface area contributed by atoms with Crippen LogP contribution in [0.15, 0.2) is 84.9 Å². The van der Waals surface area contributed by atoms with E-state index in [9.17, 15) is 0 Å². The SMILES string of the molecule is O=S(=O)(O)O.O=S(=O)(O)O.c1ccc2cc(Cc3ccc4ccccc4c3)ccc2c1. The first-order valence-corrected chi connectivity index (χ1v) is 11.5. The first-order valence-electron chi connectivity index (χ1n) is 8.73. The molecule has 31 heavy (non-hydrogen) atoms. The van der Waals surface area contributed by atoms with Gasteiger partial charge in [-0.1, -0.05) is 84.9 Å². The Morgan fingerprint density at radius 2 is 0.774 bits per heavy atom. The molecule has 4 aromatic carbocycles. The second kappa shape index (κ2) is 10.4. The molecule has 0 saturated heterocycles. The Kier molecular flexibility index (Phi) is 8.22. The van der Waals surface area contributed by atoms with Crippen molar-refractivity contribution in [2.45, 2.75) is 6.42 Å². The van der Waals surface area contributed by atoms with E-state index in [0.29, 0.717) is 0 Å². The molecule has 8 nitrogen and oxygen atoms in total. The molecular formula is C21H20O8S2. The Morgan fingerprint density at radius 3 is 1.10 bits per heavy atom. The maximum Gasteiger partial charge on any atom is 0.394 e. The average molecular weight is 465 g/mol. The summed E-state index contributed by atoms with van der Waals surface area (Å²) in [6.07, 6.45) is 0.982. The van der Waals surface area contributed by atoms with Crippen LogP contribution >= 0.6 is 0 Å². The van der Waals surface area contributed by atoms with Gasteiger partial charge in [0.05, 0.1) is 0 Å². The highest BCUT2D eigenvalue weighted by atomic mass is 32.3. The van der Waals surface area contributed by atoms with Gasteiger partial charge in [-0.05, 0) is 39.1 Å². The van der Waals surface area contributed by atoms with E-state index in [1.54, 1.807) is 0 Å². The van der Waals surface area contributed by atoms with Crippen molar-refractivity contribution in [1.82, 2.24) is 0 Å². The van der Waals surface area contributed by atoms with Crippen LogP contribution in [0.5, 0.6) is 0 Å². The third-order valence-electron chi connectivity index (χ3n) is 4.04. The van der Waals surface area contributed by atoms with Gasteiger partial charge >= 0.3 is 20.8 Å². The number of benzene rings is 4. The highest BCUT2D eigenvalue weighted by molar-refractivity contribution is 7.80. The second-order valence-corrected chi connectivity index (χ2v) is 8.23. The lowest BCUT2D eigenvalue weighted by molar-refractivity contribution is 0.378. The van der Waals surface area contributed by atoms with Crippen molar-refractivity contribution in [1.29, 1.82) is 0 Å². The van der Waals surface area contributed by atoms with E-state index in [4.69, 9.17) is 35.0 Å². The van der Waals surface area contributed by atoms with E-state index < -0.39 is 20.8 Å². The molecule has 0 atom stereocenters. The van der Waals surface area contributed by atoms with Crippen molar-refractivity contribution in [3.8, 4) is 0 Å². The molecule has 0 bridgehead atoms. The third-order valence-corrected chi connectivity index (χ3v) is 4.04. The van der Waals surface area contributed by atoms with Gasteiger partial charge in [-0.15, -0.1) is 0 Å². The van der Waals surface area contributed by atoms with Crippen LogP contribution in [0.1, 0.15) is 11.1 Å². The molecule has 0 amide bonds. The molecular weight excluding hydrogens is 444 g/mol. The zero-order chi connectivity index (χ0) is 23.1. The molecule has 4 rings (SSSR count). The minimum atomic E-state index is -4.67. The standard InChI is InChI=1S/C21H16.2H2O4S/c1-3-7-20-14-16(9-11-18(20)5-1)13-17-10-12-19-6-2-4-8-21(19)15-17;2*1-5(2,3)4/h1-12,14-15H,13H2;2*(H2,1,2,3,4). The van der Waals surface area contributed by atoms with E-state index in [2.05, 4.69) is 84.9 Å². The average Bonchev–Trinajstić information content (AvgIpc) is 2.65. The maximum atomic E-state index is 8.74. The fraction of sp³-hybridized carbons (Fsp3) is 0.0476. The van der Waals surface area contributed by atoms with Gasteiger partial charge in [0.2, 0.25) is 0 Å². The van der Waals surface area contributed by atoms with E-state index in [1.165, 1.54) is 32.7 Å². The van der Waals surface area contributed by atoms with Crippen molar-refractivity contribution in [2.75, 3.05) is 0 Å². The molecule has 0 aliphatic rings. The molecule has 0 unspecified atom stereocenters. The summed E-state index contributed by atoms with van der Waals surface area (Å²) in [5.41, 5.74) is 2.73. The van der Waals surface area contributed by atoms with Gasteiger partial charge in [-0.2, -0.15) is 16.8 Å². The van der Waals surface area contributed by atoms with E-state index >= 15 is 0 Å². The molecule has 0 aliphatic heterocycles. The van der Waals surface area contributed by atoms with Crippen LogP contribution in [-0.2, 0) is 27.2 Å². The minimum Gasteiger partial charge on any atom is -0.264 e. The summed E-state index contributed by atoms with van der Waals surface area (Å²) in [6.45, 7) is 0. The Hall–Kier alpha value is -2.86. The second-order valence-electron chi connectivity index (χ2n) is 6.44. The molecule has 0 radical (unpaired) electrons. The van der Waals surface area contributed by atoms with Crippen LogP contribution in [0, 0.1) is 0 Å². The maximum absolute atomic E-state index is 8.74. The Balaban J connectivity index is 0.000000289. The van der Waals surface area contributed by atoms with Crippen LogP contribution in [-0.4, -0.2) is 35.0 Å². The van der Waals surface area contributed by atoms with E-state index in [-0.39, 0.29) is 0 Å². The van der Waals surface area contributed by atoms with E-state index in [0.717, 1.165) is 6.42 Å². The topological polar surface area (TPSA) is 149 Å². The molecule has 10 heteroatoms. The smallest absolute Gasteiger partial charge is 0.264 e. The van der Waals surface area contributed by atoms with Crippen LogP contribution in [0.3, 0.4) is 0 Å². The van der Waals surface area contributed by atoms with Crippen molar-refractivity contribution < 1.29 is 35.0 Å². The first-order chi connectivity index (χ1) is 14.4. The summed E-state index contributed by atoms with van der Waals surface area (Å²) >= 11 is 0. The highest BCUT2D eigenvalue weighted by Gasteiger charge is 2.00. The molecule has 0 aliphatic carbocycles. The normalized spacial score (nSPS) is 11.2. The number of hydrogen-bond acceptors (Lipinski definition) is 4. The lowest BCUT2D eigenvalue weighted by atomic mass is 9.99. The van der Waals surface area contributed by atoms with Gasteiger partial charge in [0.15, 0.2) is 0 Å². The van der Waals surface area contributed by atoms with Gasteiger partial charge in [-0.25, -0.2) is 0 Å². The summed E-state index contributed by atoms with van der Waals surface area (Å²) in [5, 5.41) is 5.24. The number of fused-ring (bicyclic) bond motifs is 2. The molecule has 0 saturated carbocycles. The van der Waals surface area contributed by atoms with E-state index in [1.807, 2.05) is 0 Å². The monoisotopic (exact) mass is 464 g/mol. The van der Waals surface area contributed by atoms with Crippen LogP contribution < -0.4 is 0 Å². The zero-order valence-corrected chi connectivity index (χ0v) is 17.7. The van der Waals surface area contributed by atoms with Gasteiger partial charge in [0, 0.05) is 0 Å². The molecule has 164 valence electrons. The molecule has 4 N–H and O–H groups in total. The predicted molar refractivity (Wildman–Crippen MR) is 119 cm³/mol. The number of rotatable bonds is 2. The summed E-state index contributed by atoms with van der Waals surface area (Å²) in [7, 11) is -9.33. The molecule has 4 aromatic rings. The highest BCUT2D eigenvalue weighted by Crippen LogP contribution is 2.21. The van der Waals surface area contributed by atoms with Crippen molar-refractivity contribution in [3.05, 3.63) is 96.1 Å². The summed E-state index contributed by atoms with van der Waals surface area (Å²) in [4.78, 5) is 0. The quantitative estimate of drug-likeness (QED) is 0.321. The summed E-state index contributed by atoms with van der Waals surface area (Å²) < 4.78 is 63.2. The van der Waals surface area contributed by atoms with Gasteiger partial charge in [0.25, 0.3) is 0 Å². The zero-order valence-electron chi connectivity index (χ0n) is 16.0. The lowest BCUT2D eigenvalue weighted by Gasteiger charge is -2.06. The number of hydrogen-bond donors (Lipinski definition) is 4. The van der Waals surface area contributed by atoms with Crippen molar-refractivity contribution >= 4 is 42.3 Å². The molecule has 0 fully saturated rings. The summed E-state index contributed by atoms with van der Waals surface area (Å²) in [5.74, 6) is 0. The Labute approximate surface area is 179 Å². The first kappa shape index (κ1) is 24.4. The van der Waals surface area contributed by atoms with Crippen molar-refractivity contribution in [2.24, 2.45) is 0 Å². The lowest BCUT2D eigenvalue weighted by Crippen LogP contribution is -1.89. The van der Waals surface area contributed by atoms with Crippen LogP contribution in [0.2, 0.25) is 0 Å². The molecule has 0 spiro atoms. The fourth-order valence-corrected chi connectivity index (χ4v) is 2.93. The largest absolute Gasteiger partial charge is 0.394 e.